The molecular weight excluding hydrogens is 482 g/mol. The fourth-order valence-corrected chi connectivity index (χ4v) is 5.39. The van der Waals surface area contributed by atoms with Gasteiger partial charge in [0.05, 0.1) is 28.0 Å². The standard InChI is InChI=1S/C29H27N5O2S/c1-20(2)34-37(35,36)24-16-14-22(15-17-24)28-32-26-13-8-12-25(21-9-4-3-5-10-21)27(26)29(33-28)31-19-23-11-6-7-18-30-23/h3-18,20,34H,19H2,1-2H3,(H,31,32,33). The molecule has 0 aliphatic heterocycles. The molecule has 0 amide bonds. The van der Waals surface area contributed by atoms with Crippen LogP contribution in [0.25, 0.3) is 33.4 Å². The van der Waals surface area contributed by atoms with E-state index in [4.69, 9.17) is 9.97 Å². The minimum absolute atomic E-state index is 0.194. The monoisotopic (exact) mass is 509 g/mol. The summed E-state index contributed by atoms with van der Waals surface area (Å²) in [5.41, 5.74) is 4.48. The molecule has 37 heavy (non-hydrogen) atoms. The van der Waals surface area contributed by atoms with Gasteiger partial charge >= 0.3 is 0 Å². The third-order valence-corrected chi connectivity index (χ3v) is 7.46. The van der Waals surface area contributed by atoms with Crippen molar-refractivity contribution in [3.05, 3.63) is 103 Å². The van der Waals surface area contributed by atoms with E-state index in [0.717, 1.165) is 33.3 Å². The van der Waals surface area contributed by atoms with Gasteiger partial charge in [-0.25, -0.2) is 23.1 Å². The Morgan fingerprint density at radius 3 is 2.24 bits per heavy atom. The predicted molar refractivity (Wildman–Crippen MR) is 147 cm³/mol. The minimum atomic E-state index is -3.59. The van der Waals surface area contributed by atoms with Gasteiger partial charge in [-0.3, -0.25) is 4.98 Å². The topological polar surface area (TPSA) is 96.9 Å². The van der Waals surface area contributed by atoms with E-state index in [0.29, 0.717) is 18.2 Å². The molecule has 0 aliphatic carbocycles. The highest BCUT2D eigenvalue weighted by molar-refractivity contribution is 7.89. The Morgan fingerprint density at radius 1 is 0.784 bits per heavy atom. The van der Waals surface area contributed by atoms with Crippen molar-refractivity contribution < 1.29 is 8.42 Å². The quantitative estimate of drug-likeness (QED) is 0.280. The Balaban J connectivity index is 1.60. The molecule has 2 N–H and O–H groups in total. The number of hydrogen-bond acceptors (Lipinski definition) is 6. The zero-order valence-corrected chi connectivity index (χ0v) is 21.4. The van der Waals surface area contributed by atoms with Gasteiger partial charge in [-0.05, 0) is 67.4 Å². The van der Waals surface area contributed by atoms with Gasteiger partial charge in [0.2, 0.25) is 10.0 Å². The molecular formula is C29H27N5O2S. The summed E-state index contributed by atoms with van der Waals surface area (Å²) < 4.78 is 27.7. The summed E-state index contributed by atoms with van der Waals surface area (Å²) in [6.07, 6.45) is 1.76. The Kier molecular flexibility index (Phi) is 6.94. The molecule has 0 atom stereocenters. The zero-order valence-electron chi connectivity index (χ0n) is 20.6. The highest BCUT2D eigenvalue weighted by atomic mass is 32.2. The first-order valence-corrected chi connectivity index (χ1v) is 13.5. The molecule has 0 radical (unpaired) electrons. The van der Waals surface area contributed by atoms with Crippen LogP contribution in [-0.2, 0) is 16.6 Å². The van der Waals surface area contributed by atoms with E-state index in [9.17, 15) is 8.42 Å². The van der Waals surface area contributed by atoms with Crippen molar-refractivity contribution in [2.24, 2.45) is 0 Å². The van der Waals surface area contributed by atoms with Crippen molar-refractivity contribution >= 4 is 26.7 Å². The Labute approximate surface area is 216 Å². The minimum Gasteiger partial charge on any atom is -0.364 e. The van der Waals surface area contributed by atoms with Gasteiger partial charge in [0.15, 0.2) is 5.82 Å². The van der Waals surface area contributed by atoms with E-state index < -0.39 is 10.0 Å². The molecule has 0 bridgehead atoms. The number of pyridine rings is 1. The summed E-state index contributed by atoms with van der Waals surface area (Å²) in [6.45, 7) is 4.07. The molecule has 0 saturated carbocycles. The predicted octanol–water partition coefficient (Wildman–Crippen LogP) is 5.66. The number of anilines is 1. The van der Waals surface area contributed by atoms with Crippen molar-refractivity contribution in [2.45, 2.75) is 31.3 Å². The van der Waals surface area contributed by atoms with Crippen LogP contribution < -0.4 is 10.0 Å². The molecule has 2 aromatic heterocycles. The van der Waals surface area contributed by atoms with Crippen LogP contribution in [0.3, 0.4) is 0 Å². The van der Waals surface area contributed by atoms with Crippen molar-refractivity contribution in [2.75, 3.05) is 5.32 Å². The highest BCUT2D eigenvalue weighted by Gasteiger charge is 2.17. The average Bonchev–Trinajstić information content (AvgIpc) is 2.91. The lowest BCUT2D eigenvalue weighted by molar-refractivity contribution is 0.570. The van der Waals surface area contributed by atoms with E-state index in [1.807, 2.05) is 48.5 Å². The number of nitrogens with one attached hydrogen (secondary N) is 2. The summed E-state index contributed by atoms with van der Waals surface area (Å²) in [6, 6.07) is 28.4. The summed E-state index contributed by atoms with van der Waals surface area (Å²) in [5, 5.41) is 4.37. The molecule has 5 aromatic rings. The van der Waals surface area contributed by atoms with Crippen LogP contribution in [0, 0.1) is 0 Å². The van der Waals surface area contributed by atoms with Crippen LogP contribution in [0.15, 0.2) is 102 Å². The van der Waals surface area contributed by atoms with Crippen LogP contribution in [-0.4, -0.2) is 29.4 Å². The molecule has 0 spiro atoms. The van der Waals surface area contributed by atoms with Crippen molar-refractivity contribution in [3.63, 3.8) is 0 Å². The maximum atomic E-state index is 12.6. The number of benzene rings is 3. The molecule has 5 rings (SSSR count). The number of nitrogens with zero attached hydrogens (tertiary/aromatic N) is 3. The van der Waals surface area contributed by atoms with Gasteiger partial charge in [0.25, 0.3) is 0 Å². The normalized spacial score (nSPS) is 11.6. The maximum Gasteiger partial charge on any atom is 0.240 e. The molecule has 8 heteroatoms. The lowest BCUT2D eigenvalue weighted by Gasteiger charge is -2.15. The Hall–Kier alpha value is -4.14. The van der Waals surface area contributed by atoms with E-state index in [2.05, 4.69) is 33.2 Å². The summed E-state index contributed by atoms with van der Waals surface area (Å²) in [5.74, 6) is 1.19. The molecule has 0 fully saturated rings. The number of rotatable bonds is 8. The number of fused-ring (bicyclic) bond motifs is 1. The van der Waals surface area contributed by atoms with Gasteiger partial charge in [0.1, 0.15) is 5.82 Å². The van der Waals surface area contributed by atoms with Crippen molar-refractivity contribution in [1.82, 2.24) is 19.7 Å². The Bertz CT molecular complexity index is 1620. The largest absolute Gasteiger partial charge is 0.364 e. The van der Waals surface area contributed by atoms with Crippen LogP contribution >= 0.6 is 0 Å². The van der Waals surface area contributed by atoms with Gasteiger partial charge < -0.3 is 5.32 Å². The summed E-state index contributed by atoms with van der Waals surface area (Å²) in [7, 11) is -3.59. The number of hydrogen-bond donors (Lipinski definition) is 2. The molecule has 186 valence electrons. The second-order valence-electron chi connectivity index (χ2n) is 8.94. The summed E-state index contributed by atoms with van der Waals surface area (Å²) >= 11 is 0. The van der Waals surface area contributed by atoms with Gasteiger partial charge in [-0.15, -0.1) is 0 Å². The molecule has 3 aromatic carbocycles. The molecule has 0 unspecified atom stereocenters. The SMILES string of the molecule is CC(C)NS(=O)(=O)c1ccc(-c2nc(NCc3ccccn3)c3c(-c4ccccc4)cccc3n2)cc1. The van der Waals surface area contributed by atoms with Crippen LogP contribution in [0.1, 0.15) is 19.5 Å². The summed E-state index contributed by atoms with van der Waals surface area (Å²) in [4.78, 5) is 14.4. The van der Waals surface area contributed by atoms with Crippen molar-refractivity contribution in [1.29, 1.82) is 0 Å². The van der Waals surface area contributed by atoms with Crippen LogP contribution in [0.5, 0.6) is 0 Å². The van der Waals surface area contributed by atoms with E-state index in [-0.39, 0.29) is 10.9 Å². The average molecular weight is 510 g/mol. The fourth-order valence-electron chi connectivity index (χ4n) is 4.14. The lowest BCUT2D eigenvalue weighted by Crippen LogP contribution is -2.30. The second-order valence-corrected chi connectivity index (χ2v) is 10.7. The van der Waals surface area contributed by atoms with E-state index in [1.54, 1.807) is 44.3 Å². The Morgan fingerprint density at radius 2 is 1.54 bits per heavy atom. The third-order valence-electron chi connectivity index (χ3n) is 5.78. The van der Waals surface area contributed by atoms with E-state index in [1.165, 1.54) is 0 Å². The second kappa shape index (κ2) is 10.5. The molecule has 2 heterocycles. The van der Waals surface area contributed by atoms with Gasteiger partial charge in [-0.1, -0.05) is 48.5 Å². The van der Waals surface area contributed by atoms with Crippen molar-refractivity contribution in [3.8, 4) is 22.5 Å². The lowest BCUT2D eigenvalue weighted by atomic mass is 10.0. The van der Waals surface area contributed by atoms with E-state index >= 15 is 0 Å². The molecule has 0 saturated heterocycles. The number of aromatic nitrogens is 3. The van der Waals surface area contributed by atoms with Crippen LogP contribution in [0.4, 0.5) is 5.82 Å². The van der Waals surface area contributed by atoms with Gasteiger partial charge in [0, 0.05) is 17.8 Å². The first-order chi connectivity index (χ1) is 17.9. The first-order valence-electron chi connectivity index (χ1n) is 12.0. The third kappa shape index (κ3) is 5.50. The number of sulfonamides is 1. The maximum absolute atomic E-state index is 12.6. The smallest absolute Gasteiger partial charge is 0.240 e. The first kappa shape index (κ1) is 24.5. The molecule has 0 aliphatic rings. The zero-order chi connectivity index (χ0) is 25.8. The van der Waals surface area contributed by atoms with Crippen LogP contribution in [0.2, 0.25) is 0 Å². The molecule has 7 nitrogen and oxygen atoms in total. The van der Waals surface area contributed by atoms with Gasteiger partial charge in [-0.2, -0.15) is 0 Å². The fraction of sp³-hybridized carbons (Fsp3) is 0.138. The highest BCUT2D eigenvalue weighted by Crippen LogP contribution is 2.34.